The van der Waals surface area contributed by atoms with Crippen molar-refractivity contribution < 1.29 is 17.6 Å². The number of hydrogen-bond donors (Lipinski definition) is 3. The van der Waals surface area contributed by atoms with E-state index >= 15 is 0 Å². The number of rotatable bonds is 5. The Morgan fingerprint density at radius 3 is 2.56 bits per heavy atom. The topological polar surface area (TPSA) is 122 Å². The quantitative estimate of drug-likeness (QED) is 0.343. The lowest BCUT2D eigenvalue weighted by Crippen LogP contribution is -2.34. The minimum absolute atomic E-state index is 0.0401. The zero-order valence-corrected chi connectivity index (χ0v) is 20.2. The molecule has 0 aliphatic carbocycles. The molecule has 0 fully saturated rings. The van der Waals surface area contributed by atoms with Crippen LogP contribution in [0.1, 0.15) is 0 Å². The van der Waals surface area contributed by atoms with E-state index in [0.29, 0.717) is 16.2 Å². The monoisotopic (exact) mass is 541 g/mol. The Bertz CT molecular complexity index is 1600. The number of nitrogens with one attached hydrogen (secondary N) is 3. The van der Waals surface area contributed by atoms with Crippen LogP contribution in [0.15, 0.2) is 57.8 Å². The van der Waals surface area contributed by atoms with Crippen molar-refractivity contribution in [3.63, 3.8) is 0 Å². The Kier molecular flexibility index (Phi) is 6.49. The smallest absolute Gasteiger partial charge is 0.333 e. The molecular formula is C20H14Cl2FN5O4S2. The molecule has 0 bridgehead atoms. The second-order valence-electron chi connectivity index (χ2n) is 6.80. The van der Waals surface area contributed by atoms with Gasteiger partial charge in [0, 0.05) is 12.7 Å². The highest BCUT2D eigenvalue weighted by molar-refractivity contribution is 7.92. The fraction of sp³-hybridized carbons (Fsp3) is 0.0500. The van der Waals surface area contributed by atoms with E-state index in [1.165, 1.54) is 36.7 Å². The molecule has 0 saturated heterocycles. The van der Waals surface area contributed by atoms with E-state index in [1.54, 1.807) is 13.1 Å². The number of aromatic nitrogens is 2. The summed E-state index contributed by atoms with van der Waals surface area (Å²) >= 11 is 12.7. The van der Waals surface area contributed by atoms with Gasteiger partial charge in [-0.2, -0.15) is 0 Å². The van der Waals surface area contributed by atoms with Crippen molar-refractivity contribution in [1.29, 1.82) is 0 Å². The van der Waals surface area contributed by atoms with E-state index in [-0.39, 0.29) is 25.3 Å². The van der Waals surface area contributed by atoms with Crippen LogP contribution >= 0.6 is 34.5 Å². The lowest BCUT2D eigenvalue weighted by Gasteiger charge is -2.12. The molecule has 34 heavy (non-hydrogen) atoms. The minimum atomic E-state index is -4.15. The fourth-order valence-corrected chi connectivity index (χ4v) is 5.70. The number of fused-ring (bicyclic) bond motifs is 1. The number of sulfonamides is 1. The van der Waals surface area contributed by atoms with Gasteiger partial charge in [-0.15, -0.1) is 11.3 Å². The number of benzene rings is 2. The molecule has 0 aliphatic heterocycles. The van der Waals surface area contributed by atoms with E-state index in [9.17, 15) is 22.4 Å². The lowest BCUT2D eigenvalue weighted by atomic mass is 10.2. The summed E-state index contributed by atoms with van der Waals surface area (Å²) in [7, 11) is -2.47. The van der Waals surface area contributed by atoms with Crippen LogP contribution in [0.25, 0.3) is 16.6 Å². The molecule has 0 radical (unpaired) electrons. The van der Waals surface area contributed by atoms with Gasteiger partial charge in [-0.25, -0.2) is 27.3 Å². The number of hydrogen-bond acceptors (Lipinski definition) is 7. The summed E-state index contributed by atoms with van der Waals surface area (Å²) in [5, 5.41) is 5.61. The molecule has 0 atom stereocenters. The maximum Gasteiger partial charge on any atom is 0.333 e. The molecular weight excluding hydrogens is 528 g/mol. The second-order valence-corrected chi connectivity index (χ2v) is 10.8. The van der Waals surface area contributed by atoms with E-state index in [1.807, 2.05) is 4.72 Å². The van der Waals surface area contributed by atoms with Crippen molar-refractivity contribution in [3.8, 4) is 5.69 Å². The summed E-state index contributed by atoms with van der Waals surface area (Å²) in [6.45, 7) is 0. The maximum absolute atomic E-state index is 14.8. The van der Waals surface area contributed by atoms with Gasteiger partial charge < -0.3 is 10.6 Å². The molecule has 0 saturated carbocycles. The van der Waals surface area contributed by atoms with Crippen molar-refractivity contribution in [3.05, 3.63) is 74.3 Å². The van der Waals surface area contributed by atoms with E-state index in [0.717, 1.165) is 22.0 Å². The molecule has 0 aliphatic rings. The summed E-state index contributed by atoms with van der Waals surface area (Å²) in [5.74, 6) is -0.855. The summed E-state index contributed by atoms with van der Waals surface area (Å²) in [6, 6.07) is 8.06. The molecule has 176 valence electrons. The molecule has 9 nitrogen and oxygen atoms in total. The molecule has 4 rings (SSSR count). The second kappa shape index (κ2) is 9.22. The Hall–Kier alpha value is -3.19. The van der Waals surface area contributed by atoms with Gasteiger partial charge in [0.2, 0.25) is 0 Å². The van der Waals surface area contributed by atoms with Crippen LogP contribution in [0.5, 0.6) is 0 Å². The van der Waals surface area contributed by atoms with E-state index < -0.39 is 27.4 Å². The number of nitrogens with zero attached hydrogens (tertiary/aromatic N) is 2. The Morgan fingerprint density at radius 2 is 1.91 bits per heavy atom. The number of carbonyl (C=O) groups is 1. The number of thiophene rings is 1. The van der Waals surface area contributed by atoms with Gasteiger partial charge in [0.1, 0.15) is 16.4 Å². The molecule has 4 aromatic rings. The lowest BCUT2D eigenvalue weighted by molar-refractivity contribution is 0.256. The average Bonchev–Trinajstić information content (AvgIpc) is 3.22. The number of amides is 2. The molecule has 2 aromatic heterocycles. The first-order valence-electron chi connectivity index (χ1n) is 9.37. The molecule has 2 amide bonds. The van der Waals surface area contributed by atoms with Crippen LogP contribution in [0.2, 0.25) is 9.36 Å². The van der Waals surface area contributed by atoms with Crippen LogP contribution < -0.4 is 20.9 Å². The Balaban J connectivity index is 1.59. The third-order valence-corrected chi connectivity index (χ3v) is 7.99. The summed E-state index contributed by atoms with van der Waals surface area (Å²) in [4.78, 5) is 29.2. The molecule has 2 aromatic carbocycles. The third-order valence-electron chi connectivity index (χ3n) is 4.62. The first-order valence-corrected chi connectivity index (χ1v) is 12.4. The van der Waals surface area contributed by atoms with Gasteiger partial charge in [0.05, 0.1) is 31.6 Å². The van der Waals surface area contributed by atoms with Crippen molar-refractivity contribution in [1.82, 2.24) is 14.3 Å². The zero-order chi connectivity index (χ0) is 24.6. The minimum Gasteiger partial charge on any atom is -0.387 e. The van der Waals surface area contributed by atoms with Crippen LogP contribution in [0.4, 0.5) is 20.6 Å². The first-order chi connectivity index (χ1) is 16.1. The van der Waals surface area contributed by atoms with Crippen LogP contribution in [0, 0.1) is 5.82 Å². The molecule has 3 N–H and O–H groups in total. The number of carbonyl (C=O) groups excluding carboxylic acids is 1. The highest BCUT2D eigenvalue weighted by Crippen LogP contribution is 2.27. The predicted octanol–water partition coefficient (Wildman–Crippen LogP) is 4.45. The highest BCUT2D eigenvalue weighted by Gasteiger charge is 2.20. The summed E-state index contributed by atoms with van der Waals surface area (Å²) < 4.78 is 42.2. The van der Waals surface area contributed by atoms with Gasteiger partial charge in [0.15, 0.2) is 0 Å². The number of anilines is 2. The van der Waals surface area contributed by atoms with Crippen LogP contribution in [-0.2, 0) is 10.0 Å². The zero-order valence-electron chi connectivity index (χ0n) is 17.1. The van der Waals surface area contributed by atoms with Crippen LogP contribution in [-0.4, -0.2) is 31.0 Å². The third kappa shape index (κ3) is 4.71. The summed E-state index contributed by atoms with van der Waals surface area (Å²) in [5.41, 5.74) is 0.246. The molecule has 0 unspecified atom stereocenters. The standard InChI is InChI=1S/C20H14Cl2FN5O4S2/c1-24-15-8-14-11(7-12(15)21)19(29)28(9-25-14)16-3-2-10(6-13(16)23)26-20(30)27-34(31,32)18-5-4-17(22)33-18/h2-9,24H,1H3,(H2,26,27,30). The van der Waals surface area contributed by atoms with Crippen molar-refractivity contribution in [2.45, 2.75) is 4.21 Å². The normalized spacial score (nSPS) is 11.4. The SMILES string of the molecule is CNc1cc2ncn(-c3ccc(NC(=O)NS(=O)(=O)c4ccc(Cl)s4)cc3F)c(=O)c2cc1Cl. The van der Waals surface area contributed by atoms with Gasteiger partial charge >= 0.3 is 6.03 Å². The molecule has 0 spiro atoms. The maximum atomic E-state index is 14.8. The van der Waals surface area contributed by atoms with Crippen molar-refractivity contribution >= 4 is 72.9 Å². The van der Waals surface area contributed by atoms with Gasteiger partial charge in [0.25, 0.3) is 15.6 Å². The number of urea groups is 1. The average molecular weight is 542 g/mol. The summed E-state index contributed by atoms with van der Waals surface area (Å²) in [6.07, 6.45) is 1.18. The number of halogens is 3. The Labute approximate surface area is 206 Å². The first kappa shape index (κ1) is 24.0. The van der Waals surface area contributed by atoms with Gasteiger partial charge in [-0.1, -0.05) is 23.2 Å². The van der Waals surface area contributed by atoms with E-state index in [4.69, 9.17) is 23.2 Å². The van der Waals surface area contributed by atoms with Crippen molar-refractivity contribution in [2.75, 3.05) is 17.7 Å². The predicted molar refractivity (Wildman–Crippen MR) is 131 cm³/mol. The van der Waals surface area contributed by atoms with Gasteiger partial charge in [-0.05, 0) is 42.5 Å². The fourth-order valence-electron chi connectivity index (χ4n) is 3.06. The van der Waals surface area contributed by atoms with E-state index in [2.05, 4.69) is 15.6 Å². The molecule has 14 heteroatoms. The van der Waals surface area contributed by atoms with Crippen molar-refractivity contribution in [2.24, 2.45) is 0 Å². The molecule has 2 heterocycles. The van der Waals surface area contributed by atoms with Gasteiger partial charge in [-0.3, -0.25) is 9.36 Å². The van der Waals surface area contributed by atoms with Crippen LogP contribution in [0.3, 0.4) is 0 Å². The largest absolute Gasteiger partial charge is 0.387 e. The Morgan fingerprint density at radius 1 is 1.15 bits per heavy atom. The highest BCUT2D eigenvalue weighted by atomic mass is 35.5.